The van der Waals surface area contributed by atoms with Crippen molar-refractivity contribution in [2.45, 2.75) is 53.0 Å². The zero-order valence-electron chi connectivity index (χ0n) is 48.1. The van der Waals surface area contributed by atoms with Crippen LogP contribution in [0.3, 0.4) is 0 Å². The number of hydrogen-bond donors (Lipinski definition) is 2. The molecule has 1 N–H and O–H groups in total. The van der Waals surface area contributed by atoms with E-state index in [9.17, 15) is 9.59 Å². The van der Waals surface area contributed by atoms with Crippen molar-refractivity contribution in [1.82, 2.24) is 0 Å². The van der Waals surface area contributed by atoms with Crippen LogP contribution in [-0.4, -0.2) is 44.6 Å². The van der Waals surface area contributed by atoms with Crippen molar-refractivity contribution in [2.75, 3.05) is 28.4 Å². The SMILES string of the molecule is CC(C)C(=O)O.COc1cc(C)c(CS)c(OC)c1.COc1cc(C)c(CSC(=O)C(C)C)c(OC)c1.S=S=S=S=S=S=S=S=S=S=S=S=S=S=S=S=S=S=S.S=S=S=S=S=S=S=S=S=S=S=S=S=S=S=S=S=S=S=S.S=S=S=S=S=S=S=S=S=S=S=S=S=S=S=S=S=S=S=S=S. The summed E-state index contributed by atoms with van der Waals surface area (Å²) in [6, 6.07) is 7.66. The van der Waals surface area contributed by atoms with E-state index in [2.05, 4.69) is 12.6 Å². The average molecular weight is 2480 g/mol. The molecule has 0 spiro atoms. The zero-order valence-corrected chi connectivity index (χ0v) is 98.8. The monoisotopic (exact) mass is 2470 g/mol. The Labute approximate surface area is 760 Å². The Balaban J connectivity index is -0.000000548. The van der Waals surface area contributed by atoms with Gasteiger partial charge in [-0.1, -0.05) is 39.5 Å². The van der Waals surface area contributed by atoms with Crippen molar-refractivity contribution < 1.29 is 33.6 Å². The van der Waals surface area contributed by atoms with Gasteiger partial charge in [0.05, 0.1) is 34.4 Å². The second kappa shape index (κ2) is 95.5. The number of carbonyl (C=O) groups is 2. The van der Waals surface area contributed by atoms with E-state index in [0.717, 1.165) is 45.3 Å². The lowest BCUT2D eigenvalue weighted by Gasteiger charge is -2.13. The third kappa shape index (κ3) is 85.9. The number of carboxylic acids is 1. The number of aryl methyl sites for hydroxylation is 2. The maximum absolute atomic E-state index is 11.6. The summed E-state index contributed by atoms with van der Waals surface area (Å²) in [6.45, 7) is 11.1. The summed E-state index contributed by atoms with van der Waals surface area (Å²) in [4.78, 5) is 21.3. The van der Waals surface area contributed by atoms with E-state index in [0.29, 0.717) is 11.5 Å². The van der Waals surface area contributed by atoms with Gasteiger partial charge in [0.1, 0.15) is 23.0 Å². The number of thioether (sulfide) groups is 1. The first-order valence-corrected chi connectivity index (χ1v) is 98.9. The molecule has 2 aromatic rings. The van der Waals surface area contributed by atoms with Gasteiger partial charge < -0.3 is 24.1 Å². The Kier molecular flexibility index (Phi) is 112. The number of ether oxygens (including phenoxy) is 4. The minimum Gasteiger partial charge on any atom is -0.497 e. The molecular weight excluding hydrogens is 2440 g/mol. The molecule has 568 valence electrons. The van der Waals surface area contributed by atoms with Gasteiger partial charge >= 0.3 is 5.97 Å². The molecule has 0 aromatic heterocycles. The Morgan fingerprint density at radius 3 is 0.680 bits per heavy atom. The first-order valence-electron chi connectivity index (χ1n) is 21.3. The third-order valence-corrected chi connectivity index (χ3v) is 121. The van der Waals surface area contributed by atoms with Gasteiger partial charge in [0, 0.05) is 587 Å². The van der Waals surface area contributed by atoms with Gasteiger partial charge in [-0.05, 0) is 37.1 Å². The number of rotatable bonds is 9. The molecule has 0 radical (unpaired) electrons. The highest BCUT2D eigenvalue weighted by atomic mass is 33.5. The maximum atomic E-state index is 11.6. The van der Waals surface area contributed by atoms with Crippen LogP contribution in [-0.2, 0) is 568 Å². The average Bonchev–Trinajstić information content (AvgIpc) is 0.875. The molecule has 0 aliphatic carbocycles. The molecule has 0 unspecified atom stereocenters. The van der Waals surface area contributed by atoms with Crippen molar-refractivity contribution in [3.05, 3.63) is 46.5 Å². The number of methoxy groups -OCH3 is 4. The van der Waals surface area contributed by atoms with Gasteiger partial charge in [-0.15, -0.1) is 0 Å². The highest BCUT2D eigenvalue weighted by Crippen LogP contribution is 2.32. The standard InChI is InChI=1S/C14H20O3S.C10H14O2S.C4H8O2.S21.S20.S19/c1-9(2)14(15)18-8-12-10(3)6-11(16-4)7-13(12)17-5;1-7-4-8(11-2)5-10(12-3)9(7)6-13;1-3(2)4(5)6;1-3-5-7-9-11-13-15-17-19-21-20-18-16-14-12-10-8-6-4-2;1-3-5-7-9-11-13-15-17-19-20-18-16-14-12-10-8-6-4-2;1-3-5-7-9-11-13-15-17-19-18-16-14-12-10-8-6-4-2/h6-7,9H,8H2,1-5H3;4-5,13H,6H2,1-3H3;3H,1-2H3,(H,5,6);;;. The zero-order chi connectivity index (χ0) is 72.9. The summed E-state index contributed by atoms with van der Waals surface area (Å²) in [5.74, 6) is 3.60. The molecule has 0 bridgehead atoms. The lowest BCUT2D eigenvalue weighted by atomic mass is 10.1. The topological polar surface area (TPSA) is 91.3 Å². The molecule has 0 fully saturated rings. The predicted octanol–water partition coefficient (Wildman–Crippen LogP) is 6.45. The van der Waals surface area contributed by atoms with E-state index >= 15 is 0 Å². The van der Waals surface area contributed by atoms with Crippen molar-refractivity contribution in [3.8, 4) is 23.0 Å². The van der Waals surface area contributed by atoms with Crippen LogP contribution in [0.5, 0.6) is 23.0 Å². The van der Waals surface area contributed by atoms with Gasteiger partial charge in [-0.25, -0.2) is 0 Å². The molecule has 7 nitrogen and oxygen atoms in total. The highest BCUT2D eigenvalue weighted by molar-refractivity contribution is 8.81. The molecule has 0 atom stereocenters. The smallest absolute Gasteiger partial charge is 0.305 e. The van der Waals surface area contributed by atoms with Gasteiger partial charge in [-0.2, -0.15) is 12.6 Å². The lowest BCUT2D eigenvalue weighted by molar-refractivity contribution is -0.140. The van der Waals surface area contributed by atoms with E-state index < -0.39 is 5.97 Å². The van der Waals surface area contributed by atoms with E-state index in [1.54, 1.807) is 469 Å². The first-order chi connectivity index (χ1) is 47.1. The van der Waals surface area contributed by atoms with Crippen LogP contribution < -0.4 is 18.9 Å². The minimum absolute atomic E-state index is 0.0551. The molecular formula is C28H42O7S62. The Bertz CT molecular complexity index is 5350. The van der Waals surface area contributed by atoms with E-state index in [1.807, 2.05) is 52.0 Å². The Hall–Kier alpha value is 10.7. The minimum atomic E-state index is -0.741. The van der Waals surface area contributed by atoms with Crippen molar-refractivity contribution in [3.63, 3.8) is 0 Å². The van der Waals surface area contributed by atoms with Crippen LogP contribution in [0.1, 0.15) is 49.9 Å². The molecule has 2 aromatic carbocycles. The van der Waals surface area contributed by atoms with Gasteiger partial charge in [0.25, 0.3) is 0 Å². The molecule has 2 rings (SSSR count). The number of carbonyl (C=O) groups excluding carboxylic acids is 1. The Morgan fingerprint density at radius 1 is 0.340 bits per heavy atom. The van der Waals surface area contributed by atoms with E-state index in [1.165, 1.54) is 65.0 Å². The molecule has 0 aliphatic rings. The molecule has 97 heavy (non-hydrogen) atoms. The van der Waals surface area contributed by atoms with E-state index in [-0.39, 0.29) is 17.0 Å². The van der Waals surface area contributed by atoms with Crippen LogP contribution in [0.4, 0.5) is 0 Å². The number of benzene rings is 2. The fraction of sp³-hybridized carbons (Fsp3) is 0.500. The summed E-state index contributed by atoms with van der Waals surface area (Å²) >= 11 is 34.1. The normalized spacial score (nSPS) is 8.42. The van der Waals surface area contributed by atoms with Gasteiger partial charge in [-0.3, -0.25) is 9.59 Å². The number of carboxylic acid groups (broad SMARTS) is 1. The largest absolute Gasteiger partial charge is 0.497 e. The molecule has 69 heteroatoms. The van der Waals surface area contributed by atoms with Crippen LogP contribution in [0.15, 0.2) is 24.3 Å². The number of aliphatic carboxylic acids is 1. The maximum Gasteiger partial charge on any atom is 0.305 e. The summed E-state index contributed by atoms with van der Waals surface area (Å²) in [6.07, 6.45) is 0. The number of hydrogen-bond acceptors (Lipinski definition) is 14. The van der Waals surface area contributed by atoms with Crippen molar-refractivity contribution >= 4 is 582 Å². The van der Waals surface area contributed by atoms with Crippen LogP contribution in [0, 0.1) is 25.7 Å². The van der Waals surface area contributed by atoms with Crippen LogP contribution >= 0.6 is 24.4 Å². The molecule has 0 heterocycles. The first kappa shape index (κ1) is 114. The van der Waals surface area contributed by atoms with Crippen LogP contribution in [0.25, 0.3) is 0 Å². The summed E-state index contributed by atoms with van der Waals surface area (Å²) in [7, 11) is 99.0. The van der Waals surface area contributed by atoms with Gasteiger partial charge in [0.2, 0.25) is 0 Å². The second-order valence-corrected chi connectivity index (χ2v) is 109. The predicted molar refractivity (Wildman–Crippen MR) is 597 cm³/mol. The molecule has 0 saturated heterocycles. The second-order valence-electron chi connectivity index (χ2n) is 12.3. The lowest BCUT2D eigenvalue weighted by Crippen LogP contribution is -2.03. The Morgan fingerprint density at radius 2 is 0.526 bits per heavy atom. The van der Waals surface area contributed by atoms with Crippen LogP contribution in [0.2, 0.25) is 0 Å². The molecule has 0 aliphatic heterocycles. The fourth-order valence-corrected chi connectivity index (χ4v) is 136. The fourth-order valence-electron chi connectivity index (χ4n) is 3.35. The third-order valence-electron chi connectivity index (χ3n) is 6.62. The van der Waals surface area contributed by atoms with Crippen molar-refractivity contribution in [1.29, 1.82) is 0 Å². The summed E-state index contributed by atoms with van der Waals surface area (Å²) in [5.41, 5.74) is 4.39. The summed E-state index contributed by atoms with van der Waals surface area (Å²) in [5, 5.41) is 8.19. The highest BCUT2D eigenvalue weighted by Gasteiger charge is 2.14. The molecule has 0 saturated carbocycles. The van der Waals surface area contributed by atoms with E-state index in [4.69, 9.17) is 91.2 Å². The number of thiol groups is 1. The quantitative estimate of drug-likeness (QED) is 0.270. The molecule has 0 amide bonds. The van der Waals surface area contributed by atoms with Gasteiger partial charge in [0.15, 0.2) is 5.12 Å². The summed E-state index contributed by atoms with van der Waals surface area (Å²) < 4.78 is 20.9. The van der Waals surface area contributed by atoms with Crippen molar-refractivity contribution in [2.24, 2.45) is 11.8 Å².